The third-order valence-corrected chi connectivity index (χ3v) is 9.09. The van der Waals surface area contributed by atoms with Gasteiger partial charge in [-0.15, -0.1) is 0 Å². The van der Waals surface area contributed by atoms with E-state index in [4.69, 9.17) is 5.73 Å². The van der Waals surface area contributed by atoms with Crippen LogP contribution in [-0.2, 0) is 16.1 Å². The average Bonchev–Trinajstić information content (AvgIpc) is 2.76. The van der Waals surface area contributed by atoms with Crippen LogP contribution >= 0.6 is 0 Å². The summed E-state index contributed by atoms with van der Waals surface area (Å²) in [5.74, 6) is -1.88. The minimum absolute atomic E-state index is 0.0215. The van der Waals surface area contributed by atoms with Gasteiger partial charge in [-0.3, -0.25) is 19.4 Å². The molecule has 0 aliphatic carbocycles. The van der Waals surface area contributed by atoms with E-state index >= 15 is 0 Å². The van der Waals surface area contributed by atoms with Gasteiger partial charge in [0, 0.05) is 29.7 Å². The van der Waals surface area contributed by atoms with Gasteiger partial charge < -0.3 is 20.4 Å². The Kier molecular flexibility index (Phi) is 12.3. The first-order valence-corrected chi connectivity index (χ1v) is 15.8. The summed E-state index contributed by atoms with van der Waals surface area (Å²) in [5.41, 5.74) is 6.63. The van der Waals surface area contributed by atoms with Crippen molar-refractivity contribution in [3.05, 3.63) is 35.4 Å². The summed E-state index contributed by atoms with van der Waals surface area (Å²) in [6.07, 6.45) is 0.0215. The number of benzene rings is 1. The highest BCUT2D eigenvalue weighted by Gasteiger charge is 2.52. The quantitative estimate of drug-likeness (QED) is 0.233. The fraction of sp³-hybridized carbons (Fsp3) is 0.771. The Morgan fingerprint density at radius 2 is 1.21 bits per heavy atom. The molecule has 0 amide bonds. The van der Waals surface area contributed by atoms with Gasteiger partial charge in [0.1, 0.15) is 6.04 Å². The predicted octanol–water partition coefficient (Wildman–Crippen LogP) is 6.53. The molecule has 0 bridgehead atoms. The molecule has 1 rings (SSSR count). The van der Waals surface area contributed by atoms with Crippen LogP contribution < -0.4 is 5.73 Å². The third kappa shape index (κ3) is 10.3. The first kappa shape index (κ1) is 39.0. The Morgan fingerprint density at radius 1 is 0.767 bits per heavy atom. The molecule has 2 atom stereocenters. The first-order valence-electron chi connectivity index (χ1n) is 15.8. The first-order chi connectivity index (χ1) is 19.0. The van der Waals surface area contributed by atoms with Crippen molar-refractivity contribution in [2.45, 2.75) is 157 Å². The molecule has 8 nitrogen and oxygen atoms in total. The van der Waals surface area contributed by atoms with E-state index in [1.165, 1.54) is 0 Å². The zero-order valence-corrected chi connectivity index (χ0v) is 30.1. The maximum atomic E-state index is 12.5. The highest BCUT2D eigenvalue weighted by Crippen LogP contribution is 2.39. The molecule has 0 aliphatic rings. The number of nitrogens with zero attached hydrogens (tertiary/aromatic N) is 3. The second kappa shape index (κ2) is 13.6. The summed E-state index contributed by atoms with van der Waals surface area (Å²) < 4.78 is 0.736. The molecule has 0 aliphatic heterocycles. The van der Waals surface area contributed by atoms with Gasteiger partial charge in [0.2, 0.25) is 0 Å². The number of rotatable bonds is 12. The van der Waals surface area contributed by atoms with Crippen molar-refractivity contribution in [1.82, 2.24) is 9.80 Å². The number of nitrogens with two attached hydrogens (primary N) is 1. The molecular weight excluding hydrogens is 540 g/mol. The van der Waals surface area contributed by atoms with E-state index in [-0.39, 0.29) is 40.2 Å². The lowest BCUT2D eigenvalue weighted by molar-refractivity contribution is -1.01. The maximum Gasteiger partial charge on any atom is 0.325 e. The van der Waals surface area contributed by atoms with E-state index in [1.807, 2.05) is 12.1 Å². The van der Waals surface area contributed by atoms with Crippen LogP contribution in [0.1, 0.15) is 127 Å². The van der Waals surface area contributed by atoms with E-state index in [0.29, 0.717) is 18.7 Å². The van der Waals surface area contributed by atoms with E-state index in [9.17, 15) is 19.8 Å². The van der Waals surface area contributed by atoms with Crippen molar-refractivity contribution < 1.29 is 24.3 Å². The van der Waals surface area contributed by atoms with Crippen molar-refractivity contribution >= 4 is 11.9 Å². The molecule has 0 radical (unpaired) electrons. The normalized spacial score (nSPS) is 15.6. The van der Waals surface area contributed by atoms with Gasteiger partial charge in [0.15, 0.2) is 0 Å². The number of quaternary nitrogens is 1. The van der Waals surface area contributed by atoms with Crippen LogP contribution in [0.25, 0.3) is 0 Å². The van der Waals surface area contributed by atoms with Crippen molar-refractivity contribution in [2.24, 2.45) is 5.73 Å². The maximum absolute atomic E-state index is 12.5. The molecule has 0 saturated heterocycles. The lowest BCUT2D eigenvalue weighted by Gasteiger charge is -2.60. The fourth-order valence-corrected chi connectivity index (χ4v) is 7.18. The van der Waals surface area contributed by atoms with Crippen LogP contribution in [0.4, 0.5) is 0 Å². The summed E-state index contributed by atoms with van der Waals surface area (Å²) in [4.78, 5) is 28.8. The largest absolute Gasteiger partial charge is 0.481 e. The molecule has 43 heavy (non-hydrogen) atoms. The number of aliphatic carboxylic acids is 2. The summed E-state index contributed by atoms with van der Waals surface area (Å²) in [7, 11) is 0. The van der Waals surface area contributed by atoms with E-state index in [1.54, 1.807) is 12.1 Å². The van der Waals surface area contributed by atoms with E-state index < -0.39 is 18.0 Å². The van der Waals surface area contributed by atoms with Gasteiger partial charge >= 0.3 is 11.9 Å². The molecule has 0 spiro atoms. The number of hydrogen-bond donors (Lipinski definition) is 3. The topological polar surface area (TPSA) is 107 Å². The van der Waals surface area contributed by atoms with Crippen LogP contribution in [0, 0.1) is 0 Å². The Labute approximate surface area is 263 Å². The average molecular weight is 606 g/mol. The highest BCUT2D eigenvalue weighted by molar-refractivity contribution is 5.75. The fourth-order valence-electron chi connectivity index (χ4n) is 7.18. The minimum Gasteiger partial charge on any atom is -0.481 e. The van der Waals surface area contributed by atoms with Gasteiger partial charge in [-0.2, -0.15) is 0 Å². The van der Waals surface area contributed by atoms with Gasteiger partial charge in [-0.25, -0.2) is 0 Å². The second-order valence-corrected chi connectivity index (χ2v) is 17.3. The van der Waals surface area contributed by atoms with Gasteiger partial charge in [-0.1, -0.05) is 24.3 Å². The molecule has 1 aromatic rings. The molecule has 0 saturated carbocycles. The van der Waals surface area contributed by atoms with Gasteiger partial charge in [-0.05, 0) is 115 Å². The molecule has 0 fully saturated rings. The summed E-state index contributed by atoms with van der Waals surface area (Å²) in [6, 6.07) is 6.02. The third-order valence-electron chi connectivity index (χ3n) is 9.09. The minimum atomic E-state index is -1.08. The Balaban J connectivity index is 3.73. The zero-order valence-electron chi connectivity index (χ0n) is 30.1. The lowest BCUT2D eigenvalue weighted by atomic mass is 9.86. The van der Waals surface area contributed by atoms with Crippen molar-refractivity contribution in [3.8, 4) is 0 Å². The molecule has 1 aromatic carbocycles. The Morgan fingerprint density at radius 3 is 1.53 bits per heavy atom. The van der Waals surface area contributed by atoms with Crippen molar-refractivity contribution in [2.75, 3.05) is 19.6 Å². The molecule has 0 aromatic heterocycles. The predicted molar refractivity (Wildman–Crippen MR) is 178 cm³/mol. The molecule has 2 unspecified atom stereocenters. The van der Waals surface area contributed by atoms with Gasteiger partial charge in [0.25, 0.3) is 0 Å². The monoisotopic (exact) mass is 606 g/mol. The van der Waals surface area contributed by atoms with Crippen LogP contribution in [0.5, 0.6) is 0 Å². The van der Waals surface area contributed by atoms with Crippen molar-refractivity contribution in [1.29, 1.82) is 0 Å². The molecule has 248 valence electrons. The molecular formula is C35H65N4O4+. The summed E-state index contributed by atoms with van der Waals surface area (Å²) >= 11 is 0. The number of carbonyl (C=O) groups is 2. The summed E-state index contributed by atoms with van der Waals surface area (Å²) in [5, 5.41) is 19.6. The number of hydrogen-bond acceptors (Lipinski definition) is 5. The van der Waals surface area contributed by atoms with E-state index in [0.717, 1.165) is 23.1 Å². The Hall–Kier alpha value is -2.00. The Bertz CT molecular complexity index is 1040. The zero-order chi connectivity index (χ0) is 34.0. The SMILES string of the molecule is CC(C)(C)N(Cc1ccc(C(N)C(=O)O)cc1)C(CC(=O)O)C[N+](CCN(C(C)(C)C)C(C)(C)C)(C(C)(C)C)C(C)(C)C. The molecule has 4 N–H and O–H groups in total. The second-order valence-electron chi connectivity index (χ2n) is 17.3. The van der Waals surface area contributed by atoms with Crippen LogP contribution in [0.15, 0.2) is 24.3 Å². The highest BCUT2D eigenvalue weighted by atomic mass is 16.4. The standard InChI is InChI=1S/C35H64N4O4/c1-31(2,3)37(23-25-16-18-26(19-17-25)29(36)30(42)43)27(22-28(40)41)24-39(34(10,11)12,35(13,14)15)21-20-38(32(4,5)6)33(7,8)9/h16-19,27,29H,20-24,36H2,1-15H3,(H-,40,41,42,43)/p+1. The van der Waals surface area contributed by atoms with Crippen LogP contribution in [-0.4, -0.2) is 89.8 Å². The summed E-state index contributed by atoms with van der Waals surface area (Å²) in [6.45, 7) is 36.7. The van der Waals surface area contributed by atoms with Gasteiger partial charge in [0.05, 0.1) is 36.6 Å². The lowest BCUT2D eigenvalue weighted by Crippen LogP contribution is -2.74. The smallest absolute Gasteiger partial charge is 0.325 e. The molecule has 8 heteroatoms. The number of carboxylic acids is 2. The van der Waals surface area contributed by atoms with Crippen LogP contribution in [0.3, 0.4) is 0 Å². The van der Waals surface area contributed by atoms with E-state index in [2.05, 4.69) is 114 Å². The number of carboxylic acid groups (broad SMARTS) is 2. The molecule has 0 heterocycles. The van der Waals surface area contributed by atoms with Crippen LogP contribution in [0.2, 0.25) is 0 Å². The van der Waals surface area contributed by atoms with Crippen molar-refractivity contribution in [3.63, 3.8) is 0 Å².